The molecule has 5 heteroatoms. The summed E-state index contributed by atoms with van der Waals surface area (Å²) in [4.78, 5) is 12.3. The van der Waals surface area contributed by atoms with E-state index >= 15 is 0 Å². The molecule has 4 nitrogen and oxygen atoms in total. The number of fused-ring (bicyclic) bond motifs is 1. The summed E-state index contributed by atoms with van der Waals surface area (Å²) in [6.45, 7) is 14.7. The number of thioether (sulfide) groups is 1. The van der Waals surface area contributed by atoms with E-state index in [-0.39, 0.29) is 12.1 Å². The number of rotatable bonds is 3. The van der Waals surface area contributed by atoms with Gasteiger partial charge in [-0.1, -0.05) is 24.8 Å². The first-order valence-corrected chi connectivity index (χ1v) is 10.4. The second kappa shape index (κ2) is 6.45. The topological polar surface area (TPSA) is 33.4 Å². The molecule has 0 amide bonds. The van der Waals surface area contributed by atoms with E-state index in [1.54, 1.807) is 0 Å². The highest BCUT2D eigenvalue weighted by Gasteiger charge is 2.45. The molecule has 1 saturated heterocycles. The average molecular weight is 369 g/mol. The van der Waals surface area contributed by atoms with Gasteiger partial charge in [0.2, 0.25) is 0 Å². The Kier molecular flexibility index (Phi) is 4.38. The zero-order valence-corrected chi connectivity index (χ0v) is 17.3. The summed E-state index contributed by atoms with van der Waals surface area (Å²) in [5, 5.41) is 1.78. The van der Waals surface area contributed by atoms with Gasteiger partial charge in [-0.2, -0.15) is 0 Å². The van der Waals surface area contributed by atoms with Crippen LogP contribution in [0.5, 0.6) is 0 Å². The zero-order valence-electron chi connectivity index (χ0n) is 16.5. The molecule has 1 fully saturated rings. The van der Waals surface area contributed by atoms with E-state index < -0.39 is 0 Å². The summed E-state index contributed by atoms with van der Waals surface area (Å²) in [5.74, 6) is 0. The number of nitrogens with zero attached hydrogens (tertiary/aromatic N) is 4. The lowest BCUT2D eigenvalue weighted by Gasteiger charge is -2.28. The minimum atomic E-state index is 0.0750. The number of pyridine rings is 1. The van der Waals surface area contributed by atoms with Gasteiger partial charge in [-0.25, -0.2) is 0 Å². The second-order valence-electron chi connectivity index (χ2n) is 7.81. The van der Waals surface area contributed by atoms with E-state index in [4.69, 9.17) is 4.99 Å². The van der Waals surface area contributed by atoms with E-state index in [9.17, 15) is 0 Å². The fourth-order valence-corrected chi connectivity index (χ4v) is 5.76. The maximum Gasteiger partial charge on any atom is 0.160 e. The zero-order chi connectivity index (χ0) is 18.6. The fraction of sp³-hybridized carbons (Fsp3) is 0.524. The summed E-state index contributed by atoms with van der Waals surface area (Å²) in [6, 6.07) is 6.96. The first-order chi connectivity index (χ1) is 12.4. The van der Waals surface area contributed by atoms with Gasteiger partial charge in [0, 0.05) is 41.0 Å². The van der Waals surface area contributed by atoms with E-state index in [0.717, 1.165) is 12.2 Å². The van der Waals surface area contributed by atoms with E-state index in [1.165, 1.54) is 27.7 Å². The molecule has 2 aromatic rings. The molecule has 138 valence electrons. The first kappa shape index (κ1) is 17.7. The third kappa shape index (κ3) is 2.59. The second-order valence-corrected chi connectivity index (χ2v) is 9.22. The van der Waals surface area contributed by atoms with Gasteiger partial charge in [-0.15, -0.1) is 0 Å². The maximum absolute atomic E-state index is 5.13. The molecule has 0 aromatic carbocycles. The molecule has 4 heterocycles. The van der Waals surface area contributed by atoms with Crippen molar-refractivity contribution in [3.8, 4) is 0 Å². The number of hydrogen-bond acceptors (Lipinski definition) is 4. The Morgan fingerprint density at radius 2 is 1.92 bits per heavy atom. The summed E-state index contributed by atoms with van der Waals surface area (Å²) < 4.78 is 2.48. The van der Waals surface area contributed by atoms with Crippen LogP contribution in [0.15, 0.2) is 29.4 Å². The van der Waals surface area contributed by atoms with E-state index in [2.05, 4.69) is 68.1 Å². The van der Waals surface area contributed by atoms with Crippen molar-refractivity contribution >= 4 is 16.9 Å². The molecule has 0 aliphatic carbocycles. The summed E-state index contributed by atoms with van der Waals surface area (Å²) >= 11 is 1.90. The molecule has 0 saturated carbocycles. The van der Waals surface area contributed by atoms with E-state index in [1.807, 2.05) is 24.0 Å². The third-order valence-corrected chi connectivity index (χ3v) is 6.85. The van der Waals surface area contributed by atoms with Crippen LogP contribution in [-0.4, -0.2) is 31.4 Å². The van der Waals surface area contributed by atoms with Crippen LogP contribution in [0.25, 0.3) is 0 Å². The highest BCUT2D eigenvalue weighted by atomic mass is 32.2. The fourth-order valence-electron chi connectivity index (χ4n) is 4.67. The lowest BCUT2D eigenvalue weighted by atomic mass is 9.93. The Morgan fingerprint density at radius 1 is 1.15 bits per heavy atom. The van der Waals surface area contributed by atoms with Crippen molar-refractivity contribution in [3.05, 3.63) is 52.6 Å². The molecule has 0 radical (unpaired) electrons. The largest absolute Gasteiger partial charge is 0.346 e. The SMILES string of the molecule is Cc1c([C@@H]2[C@@H](c3ccccn3)N=C3S[C@@H](C)CN32)c(C)n(C(C)C)c1C. The molecule has 2 aromatic heterocycles. The van der Waals surface area contributed by atoms with Gasteiger partial charge in [0.05, 0.1) is 11.7 Å². The lowest BCUT2D eigenvalue weighted by molar-refractivity contribution is 0.318. The van der Waals surface area contributed by atoms with Gasteiger partial charge in [0.1, 0.15) is 6.04 Å². The van der Waals surface area contributed by atoms with Crippen LogP contribution in [0.4, 0.5) is 0 Å². The molecule has 2 aliphatic rings. The Bertz CT molecular complexity index is 853. The quantitative estimate of drug-likeness (QED) is 0.766. The maximum atomic E-state index is 5.13. The van der Waals surface area contributed by atoms with Crippen LogP contribution in [0.1, 0.15) is 67.1 Å². The van der Waals surface area contributed by atoms with Crippen LogP contribution < -0.4 is 0 Å². The van der Waals surface area contributed by atoms with Crippen LogP contribution in [-0.2, 0) is 0 Å². The smallest absolute Gasteiger partial charge is 0.160 e. The molecule has 0 bridgehead atoms. The monoisotopic (exact) mass is 368 g/mol. The molecule has 3 atom stereocenters. The van der Waals surface area contributed by atoms with Crippen molar-refractivity contribution in [3.63, 3.8) is 0 Å². The van der Waals surface area contributed by atoms with Crippen LogP contribution in [0, 0.1) is 20.8 Å². The van der Waals surface area contributed by atoms with Crippen molar-refractivity contribution in [1.82, 2.24) is 14.5 Å². The van der Waals surface area contributed by atoms with E-state index in [0.29, 0.717) is 11.3 Å². The van der Waals surface area contributed by atoms with Gasteiger partial charge < -0.3 is 9.47 Å². The van der Waals surface area contributed by atoms with Gasteiger partial charge in [0.15, 0.2) is 5.17 Å². The number of aromatic nitrogens is 2. The first-order valence-electron chi connectivity index (χ1n) is 9.50. The summed E-state index contributed by atoms with van der Waals surface area (Å²) in [5.41, 5.74) is 6.67. The Morgan fingerprint density at radius 3 is 2.54 bits per heavy atom. The average Bonchev–Trinajstić information content (AvgIpc) is 3.18. The molecule has 0 spiro atoms. The Labute approximate surface area is 160 Å². The third-order valence-electron chi connectivity index (χ3n) is 5.75. The van der Waals surface area contributed by atoms with Gasteiger partial charge in [0.25, 0.3) is 0 Å². The predicted octanol–water partition coefficient (Wildman–Crippen LogP) is 4.98. The molecule has 26 heavy (non-hydrogen) atoms. The van der Waals surface area contributed by atoms with Crippen LogP contribution >= 0.6 is 11.8 Å². The highest BCUT2D eigenvalue weighted by Crippen LogP contribution is 2.49. The number of hydrogen-bond donors (Lipinski definition) is 0. The number of amidine groups is 1. The molecule has 0 unspecified atom stereocenters. The van der Waals surface area contributed by atoms with Gasteiger partial charge in [-0.3, -0.25) is 9.98 Å². The van der Waals surface area contributed by atoms with Crippen molar-refractivity contribution in [2.24, 2.45) is 4.99 Å². The predicted molar refractivity (Wildman–Crippen MR) is 110 cm³/mol. The van der Waals surface area contributed by atoms with Gasteiger partial charge in [-0.05, 0) is 52.3 Å². The summed E-state index contributed by atoms with van der Waals surface area (Å²) in [6.07, 6.45) is 1.88. The standard InChI is InChI=1S/C21H28N4S/c1-12(2)25-15(5)14(4)18(16(25)6)20-19(17-9-7-8-10-22-17)23-21-24(20)11-13(3)26-21/h7-10,12-13,19-20H,11H2,1-6H3/t13-,19+,20+/m0/s1. The van der Waals surface area contributed by atoms with Crippen molar-refractivity contribution in [2.45, 2.75) is 64.9 Å². The van der Waals surface area contributed by atoms with Crippen LogP contribution in [0.3, 0.4) is 0 Å². The van der Waals surface area contributed by atoms with Crippen LogP contribution in [0.2, 0.25) is 0 Å². The molecular formula is C21H28N4S. The molecule has 0 N–H and O–H groups in total. The van der Waals surface area contributed by atoms with Crippen molar-refractivity contribution in [2.75, 3.05) is 6.54 Å². The highest BCUT2D eigenvalue weighted by molar-refractivity contribution is 8.14. The summed E-state index contributed by atoms with van der Waals surface area (Å²) in [7, 11) is 0. The van der Waals surface area contributed by atoms with Crippen molar-refractivity contribution in [1.29, 1.82) is 0 Å². The van der Waals surface area contributed by atoms with Gasteiger partial charge >= 0.3 is 0 Å². The Hall–Kier alpha value is -1.75. The molecular weight excluding hydrogens is 340 g/mol. The molecule has 2 aliphatic heterocycles. The normalized spacial score (nSPS) is 25.1. The minimum Gasteiger partial charge on any atom is -0.346 e. The minimum absolute atomic E-state index is 0.0750. The molecule has 4 rings (SSSR count). The van der Waals surface area contributed by atoms with Crippen molar-refractivity contribution < 1.29 is 0 Å². The lowest BCUT2D eigenvalue weighted by Crippen LogP contribution is -2.29. The number of aliphatic imine (C=N–C) groups is 1. The Balaban J connectivity index is 1.87.